The van der Waals surface area contributed by atoms with Crippen LogP contribution in [0.25, 0.3) is 5.57 Å². The lowest BCUT2D eigenvalue weighted by Crippen LogP contribution is -2.33. The van der Waals surface area contributed by atoms with Crippen LogP contribution >= 0.6 is 34.8 Å². The van der Waals surface area contributed by atoms with E-state index in [2.05, 4.69) is 4.98 Å². The molecule has 4 rings (SSSR count). The summed E-state index contributed by atoms with van der Waals surface area (Å²) in [7, 11) is 0. The van der Waals surface area contributed by atoms with E-state index in [1.165, 1.54) is 12.4 Å². The third-order valence-corrected chi connectivity index (χ3v) is 5.66. The number of aromatic nitrogens is 2. The van der Waals surface area contributed by atoms with E-state index in [1.807, 2.05) is 42.5 Å². The zero-order chi connectivity index (χ0) is 21.1. The summed E-state index contributed by atoms with van der Waals surface area (Å²) in [5.74, 6) is -0.346. The molecule has 7 heteroatoms. The van der Waals surface area contributed by atoms with Crippen LogP contribution in [-0.4, -0.2) is 20.4 Å². The first kappa shape index (κ1) is 20.9. The van der Waals surface area contributed by atoms with Crippen molar-refractivity contribution in [2.75, 3.05) is 0 Å². The van der Waals surface area contributed by atoms with Crippen molar-refractivity contribution in [3.8, 4) is 0 Å². The SMILES string of the molecule is O=C(c1ccc(Cl)cc1Cl)[C@@H](O[C@]1(Cl)C=CC(c2ccccc2)=CC1)n1ccnc1. The first-order valence-electron chi connectivity index (χ1n) is 9.23. The second kappa shape index (κ2) is 8.78. The Balaban J connectivity index is 1.60. The molecule has 4 nitrogen and oxygen atoms in total. The summed E-state index contributed by atoms with van der Waals surface area (Å²) in [5, 5.41) is -0.503. The Kier molecular flexibility index (Phi) is 6.11. The maximum absolute atomic E-state index is 13.3. The molecule has 0 unspecified atom stereocenters. The zero-order valence-corrected chi connectivity index (χ0v) is 18.0. The van der Waals surface area contributed by atoms with Crippen molar-refractivity contribution in [2.24, 2.45) is 0 Å². The van der Waals surface area contributed by atoms with Gasteiger partial charge < -0.3 is 9.30 Å². The molecule has 0 aliphatic heterocycles. The van der Waals surface area contributed by atoms with Crippen molar-refractivity contribution in [3.63, 3.8) is 0 Å². The smallest absolute Gasteiger partial charge is 0.214 e. The van der Waals surface area contributed by atoms with Gasteiger partial charge in [0.2, 0.25) is 12.0 Å². The Hall–Kier alpha value is -2.37. The van der Waals surface area contributed by atoms with Crippen molar-refractivity contribution in [1.29, 1.82) is 0 Å². The summed E-state index contributed by atoms with van der Waals surface area (Å²) < 4.78 is 7.68. The van der Waals surface area contributed by atoms with Crippen LogP contribution in [0.4, 0.5) is 0 Å². The van der Waals surface area contributed by atoms with Gasteiger partial charge >= 0.3 is 0 Å². The maximum Gasteiger partial charge on any atom is 0.214 e. The number of rotatable bonds is 6. The van der Waals surface area contributed by atoms with E-state index in [1.54, 1.807) is 35.2 Å². The molecule has 0 bridgehead atoms. The highest BCUT2D eigenvalue weighted by atomic mass is 35.5. The highest BCUT2D eigenvalue weighted by Crippen LogP contribution is 2.37. The van der Waals surface area contributed by atoms with E-state index in [0.29, 0.717) is 17.0 Å². The van der Waals surface area contributed by atoms with Gasteiger partial charge in [0, 0.05) is 29.4 Å². The van der Waals surface area contributed by atoms with Gasteiger partial charge in [-0.1, -0.05) is 77.3 Å². The molecule has 2 atom stereocenters. The average molecular weight is 460 g/mol. The van der Waals surface area contributed by atoms with E-state index < -0.39 is 11.3 Å². The van der Waals surface area contributed by atoms with Gasteiger partial charge in [0.15, 0.2) is 5.06 Å². The molecule has 0 saturated carbocycles. The molecule has 1 aromatic heterocycles. The molecular formula is C23H17Cl3N2O2. The molecule has 2 aromatic carbocycles. The quantitative estimate of drug-likeness (QED) is 0.309. The molecule has 3 aromatic rings. The number of Topliss-reactive ketones (excluding diaryl/α,β-unsaturated/α-hetero) is 1. The number of hydrogen-bond acceptors (Lipinski definition) is 3. The molecule has 0 N–H and O–H groups in total. The van der Waals surface area contributed by atoms with Crippen molar-refractivity contribution in [1.82, 2.24) is 9.55 Å². The Morgan fingerprint density at radius 3 is 2.60 bits per heavy atom. The van der Waals surface area contributed by atoms with Gasteiger partial charge in [-0.25, -0.2) is 4.98 Å². The summed E-state index contributed by atoms with van der Waals surface area (Å²) >= 11 is 19.0. The lowest BCUT2D eigenvalue weighted by atomic mass is 9.98. The highest BCUT2D eigenvalue weighted by Gasteiger charge is 2.35. The molecule has 0 amide bonds. The van der Waals surface area contributed by atoms with Gasteiger partial charge in [-0.2, -0.15) is 0 Å². The first-order valence-corrected chi connectivity index (χ1v) is 10.4. The minimum atomic E-state index is -1.19. The van der Waals surface area contributed by atoms with Gasteiger partial charge in [0.05, 0.1) is 11.3 Å². The molecule has 0 spiro atoms. The fourth-order valence-corrected chi connectivity index (χ4v) is 3.92. The van der Waals surface area contributed by atoms with Crippen molar-refractivity contribution in [3.05, 3.63) is 107 Å². The predicted molar refractivity (Wildman–Crippen MR) is 120 cm³/mol. The van der Waals surface area contributed by atoms with Crippen LogP contribution in [0, 0.1) is 0 Å². The number of nitrogens with zero attached hydrogens (tertiary/aromatic N) is 2. The number of imidazole rings is 1. The minimum Gasteiger partial charge on any atom is -0.324 e. The van der Waals surface area contributed by atoms with E-state index in [9.17, 15) is 4.79 Å². The fraction of sp³-hybridized carbons (Fsp3) is 0.130. The highest BCUT2D eigenvalue weighted by molar-refractivity contribution is 6.37. The molecular weight excluding hydrogens is 443 g/mol. The van der Waals surface area contributed by atoms with Gasteiger partial charge in [-0.3, -0.25) is 4.79 Å². The molecule has 30 heavy (non-hydrogen) atoms. The summed E-state index contributed by atoms with van der Waals surface area (Å²) in [6.07, 6.45) is 9.72. The zero-order valence-electron chi connectivity index (χ0n) is 15.7. The largest absolute Gasteiger partial charge is 0.324 e. The third kappa shape index (κ3) is 4.52. The van der Waals surface area contributed by atoms with Gasteiger partial charge in [0.25, 0.3) is 0 Å². The standard InChI is InChI=1S/C23H17Cl3N2O2/c24-18-6-7-19(20(25)14-18)21(29)22(28-13-12-27-15-28)30-23(26)10-8-17(9-11-23)16-4-2-1-3-5-16/h1-10,12-15,22H,11H2/t22-,23-/m1/s1. The number of halogens is 3. The lowest BCUT2D eigenvalue weighted by Gasteiger charge is -2.31. The molecule has 0 radical (unpaired) electrons. The van der Waals surface area contributed by atoms with Gasteiger partial charge in [-0.05, 0) is 35.4 Å². The number of benzene rings is 2. The lowest BCUT2D eigenvalue weighted by molar-refractivity contribution is -0.0367. The van der Waals surface area contributed by atoms with Crippen LogP contribution in [0.15, 0.2) is 85.5 Å². The number of ether oxygens (including phenoxy) is 1. The van der Waals surface area contributed by atoms with Crippen LogP contribution in [-0.2, 0) is 4.74 Å². The van der Waals surface area contributed by atoms with Crippen LogP contribution in [0.5, 0.6) is 0 Å². The fourth-order valence-electron chi connectivity index (χ4n) is 3.20. The van der Waals surface area contributed by atoms with E-state index in [0.717, 1.165) is 11.1 Å². The average Bonchev–Trinajstić information content (AvgIpc) is 3.27. The molecule has 0 saturated heterocycles. The Bertz CT molecular complexity index is 1110. The summed E-state index contributed by atoms with van der Waals surface area (Å²) in [4.78, 5) is 17.3. The van der Waals surface area contributed by atoms with Crippen LogP contribution in [0.1, 0.15) is 28.6 Å². The van der Waals surface area contributed by atoms with E-state index >= 15 is 0 Å². The second-order valence-corrected chi connectivity index (χ2v) is 8.30. The Morgan fingerprint density at radius 1 is 1.17 bits per heavy atom. The molecule has 152 valence electrons. The number of allylic oxidation sites excluding steroid dienone is 2. The molecule has 0 fully saturated rings. The Labute approximate surface area is 189 Å². The van der Waals surface area contributed by atoms with Crippen LogP contribution in [0.2, 0.25) is 10.0 Å². The van der Waals surface area contributed by atoms with Gasteiger partial charge in [-0.15, -0.1) is 0 Å². The molecule has 1 heterocycles. The summed E-state index contributed by atoms with van der Waals surface area (Å²) in [6.45, 7) is 0. The first-order chi connectivity index (χ1) is 14.5. The molecule has 1 aliphatic carbocycles. The third-order valence-electron chi connectivity index (χ3n) is 4.74. The number of alkyl halides is 1. The summed E-state index contributed by atoms with van der Waals surface area (Å²) in [5.41, 5.74) is 2.42. The number of hydrogen-bond donors (Lipinski definition) is 0. The van der Waals surface area contributed by atoms with Gasteiger partial charge in [0.1, 0.15) is 0 Å². The molecule has 1 aliphatic rings. The topological polar surface area (TPSA) is 44.1 Å². The van der Waals surface area contributed by atoms with Crippen molar-refractivity contribution in [2.45, 2.75) is 17.7 Å². The maximum atomic E-state index is 13.3. The van der Waals surface area contributed by atoms with E-state index in [-0.39, 0.29) is 10.8 Å². The normalized spacial score (nSPS) is 19.4. The minimum absolute atomic E-state index is 0.246. The van der Waals surface area contributed by atoms with E-state index in [4.69, 9.17) is 39.5 Å². The van der Waals surface area contributed by atoms with Crippen molar-refractivity contribution < 1.29 is 9.53 Å². The second-order valence-electron chi connectivity index (χ2n) is 6.82. The summed E-state index contributed by atoms with van der Waals surface area (Å²) in [6, 6.07) is 14.7. The van der Waals surface area contributed by atoms with Crippen molar-refractivity contribution >= 4 is 46.2 Å². The Morgan fingerprint density at radius 2 is 1.97 bits per heavy atom. The van der Waals surface area contributed by atoms with Crippen LogP contribution in [0.3, 0.4) is 0 Å². The monoisotopic (exact) mass is 458 g/mol. The number of carbonyl (C=O) groups excluding carboxylic acids is 1. The van der Waals surface area contributed by atoms with Crippen LogP contribution < -0.4 is 0 Å². The number of ketones is 1. The number of carbonyl (C=O) groups is 1. The predicted octanol–water partition coefficient (Wildman–Crippen LogP) is 6.57.